The van der Waals surface area contributed by atoms with Crippen LogP contribution in [0.2, 0.25) is 0 Å². The summed E-state index contributed by atoms with van der Waals surface area (Å²) < 4.78 is 0. The zero-order valence-corrected chi connectivity index (χ0v) is 18.7. The summed E-state index contributed by atoms with van der Waals surface area (Å²) in [6.07, 6.45) is 6.81. The minimum atomic E-state index is 0.0856. The number of halogens is 1. The fraction of sp³-hybridized carbons (Fsp3) is 0.480. The van der Waals surface area contributed by atoms with Crippen molar-refractivity contribution < 1.29 is 5.11 Å². The Balaban J connectivity index is 0.00000117. The zero-order valence-electron chi connectivity index (χ0n) is 18.0. The SMILES string of the molecule is C=C1NC(C)C2C(c3ccc(C)cn3)CC(c3ccc(O)cc3)CCC12C.CCl. The van der Waals surface area contributed by atoms with Crippen LogP contribution in [0.3, 0.4) is 0 Å². The first-order valence-corrected chi connectivity index (χ1v) is 11.2. The molecule has 2 aliphatic rings. The second-order valence-electron chi connectivity index (χ2n) is 8.78. The molecule has 0 radical (unpaired) electrons. The number of phenols is 1. The Bertz CT molecular complexity index is 833. The molecule has 2 aromatic rings. The summed E-state index contributed by atoms with van der Waals surface area (Å²) in [4.78, 5) is 4.84. The van der Waals surface area contributed by atoms with Gasteiger partial charge in [0.1, 0.15) is 5.75 Å². The van der Waals surface area contributed by atoms with Gasteiger partial charge >= 0.3 is 0 Å². The van der Waals surface area contributed by atoms with Gasteiger partial charge in [-0.05, 0) is 74.3 Å². The molecule has 5 atom stereocenters. The number of nitrogens with one attached hydrogen (secondary N) is 1. The lowest BCUT2D eigenvalue weighted by Crippen LogP contribution is -2.33. The lowest BCUT2D eigenvalue weighted by Gasteiger charge is -2.35. The van der Waals surface area contributed by atoms with E-state index in [2.05, 4.69) is 68.5 Å². The number of hydrogen-bond acceptors (Lipinski definition) is 3. The van der Waals surface area contributed by atoms with Crippen molar-refractivity contribution in [1.82, 2.24) is 10.3 Å². The maximum Gasteiger partial charge on any atom is 0.115 e. The lowest BCUT2D eigenvalue weighted by molar-refractivity contribution is 0.214. The van der Waals surface area contributed by atoms with Gasteiger partial charge < -0.3 is 10.4 Å². The number of hydrogen-bond donors (Lipinski definition) is 2. The van der Waals surface area contributed by atoms with Crippen molar-refractivity contribution in [3.63, 3.8) is 0 Å². The molecule has 2 N–H and O–H groups in total. The molecule has 1 aliphatic heterocycles. The maximum atomic E-state index is 9.68. The normalized spacial score (nSPS) is 31.1. The smallest absolute Gasteiger partial charge is 0.115 e. The summed E-state index contributed by atoms with van der Waals surface area (Å²) in [5.41, 5.74) is 4.99. The van der Waals surface area contributed by atoms with Crippen molar-refractivity contribution >= 4 is 11.6 Å². The second kappa shape index (κ2) is 8.79. The standard InChI is InChI=1S/C24H30N2O.CH3Cl/c1-15-5-10-22(25-14-15)21-13-19(18-6-8-20(27)9-7-18)11-12-24(4)17(3)26-16(2)23(21)24;1-2/h5-10,14,16,19,21,23,26-27H,3,11-13H2,1-2,4H3;1H3. The van der Waals surface area contributed by atoms with Crippen molar-refractivity contribution in [2.75, 3.05) is 6.38 Å². The van der Waals surface area contributed by atoms with E-state index >= 15 is 0 Å². The number of allylic oxidation sites excluding steroid dienone is 1. The molecule has 156 valence electrons. The predicted molar refractivity (Wildman–Crippen MR) is 122 cm³/mol. The molecule has 29 heavy (non-hydrogen) atoms. The van der Waals surface area contributed by atoms with E-state index in [1.165, 1.54) is 28.9 Å². The van der Waals surface area contributed by atoms with Crippen molar-refractivity contribution in [1.29, 1.82) is 0 Å². The Morgan fingerprint density at radius 2 is 1.86 bits per heavy atom. The van der Waals surface area contributed by atoms with Gasteiger partial charge in [-0.1, -0.05) is 31.7 Å². The molecule has 5 unspecified atom stereocenters. The van der Waals surface area contributed by atoms with Crippen molar-refractivity contribution in [3.05, 3.63) is 71.7 Å². The molecule has 1 aromatic heterocycles. The molecule has 0 spiro atoms. The van der Waals surface area contributed by atoms with Crippen molar-refractivity contribution in [3.8, 4) is 5.75 Å². The molecule has 4 rings (SSSR count). The molecule has 1 aliphatic carbocycles. The van der Waals surface area contributed by atoms with E-state index in [1.807, 2.05) is 18.3 Å². The van der Waals surface area contributed by atoms with E-state index in [0.717, 1.165) is 19.3 Å². The third-order valence-electron chi connectivity index (χ3n) is 7.03. The highest BCUT2D eigenvalue weighted by Gasteiger charge is 2.52. The number of nitrogens with zero attached hydrogens (tertiary/aromatic N) is 1. The molecule has 2 fully saturated rings. The number of aromatic hydroxyl groups is 1. The second-order valence-corrected chi connectivity index (χ2v) is 8.78. The zero-order chi connectivity index (χ0) is 21.2. The topological polar surface area (TPSA) is 45.2 Å². The Morgan fingerprint density at radius 3 is 2.48 bits per heavy atom. The number of rotatable bonds is 2. The largest absolute Gasteiger partial charge is 0.508 e. The average Bonchev–Trinajstić information content (AvgIpc) is 2.85. The van der Waals surface area contributed by atoms with Gasteiger partial charge in [0.25, 0.3) is 0 Å². The Morgan fingerprint density at radius 1 is 1.17 bits per heavy atom. The number of pyridine rings is 1. The molecule has 3 nitrogen and oxygen atoms in total. The van der Waals surface area contributed by atoms with Gasteiger partial charge in [-0.2, -0.15) is 0 Å². The van der Waals surface area contributed by atoms with Crippen LogP contribution >= 0.6 is 11.6 Å². The molecular weight excluding hydrogens is 380 g/mol. The van der Waals surface area contributed by atoms with E-state index in [9.17, 15) is 5.11 Å². The molecule has 0 bridgehead atoms. The van der Waals surface area contributed by atoms with E-state index in [-0.39, 0.29) is 5.41 Å². The van der Waals surface area contributed by atoms with Crippen LogP contribution in [-0.2, 0) is 0 Å². The maximum absolute atomic E-state index is 9.68. The van der Waals surface area contributed by atoms with Crippen LogP contribution in [0.5, 0.6) is 5.75 Å². The third kappa shape index (κ3) is 4.16. The molecule has 1 saturated heterocycles. The first kappa shape index (κ1) is 21.7. The molecule has 4 heteroatoms. The van der Waals surface area contributed by atoms with Gasteiger partial charge in [-0.15, -0.1) is 11.6 Å². The number of fused-ring (bicyclic) bond motifs is 1. The number of benzene rings is 1. The highest BCUT2D eigenvalue weighted by molar-refractivity contribution is 6.15. The molecule has 0 amide bonds. The van der Waals surface area contributed by atoms with Crippen LogP contribution in [0.4, 0.5) is 0 Å². The summed E-state index contributed by atoms with van der Waals surface area (Å²) in [5.74, 6) is 1.68. The van der Waals surface area contributed by atoms with Gasteiger partial charge in [0, 0.05) is 41.3 Å². The molecule has 2 heterocycles. The summed E-state index contributed by atoms with van der Waals surface area (Å²) >= 11 is 4.64. The number of phenolic OH excluding ortho intramolecular Hbond substituents is 1. The minimum Gasteiger partial charge on any atom is -0.508 e. The van der Waals surface area contributed by atoms with Crippen molar-refractivity contribution in [2.24, 2.45) is 11.3 Å². The van der Waals surface area contributed by atoms with Gasteiger partial charge in [-0.25, -0.2) is 0 Å². The quantitative estimate of drug-likeness (QED) is 0.583. The predicted octanol–water partition coefficient (Wildman–Crippen LogP) is 6.13. The van der Waals surface area contributed by atoms with Crippen LogP contribution in [0, 0.1) is 18.3 Å². The number of aryl methyl sites for hydroxylation is 1. The summed E-state index contributed by atoms with van der Waals surface area (Å²) in [7, 11) is 0. The van der Waals surface area contributed by atoms with Crippen LogP contribution in [0.25, 0.3) is 0 Å². The fourth-order valence-corrected chi connectivity index (χ4v) is 5.49. The summed E-state index contributed by atoms with van der Waals surface area (Å²) in [6.45, 7) is 11.2. The average molecular weight is 413 g/mol. The molecule has 1 saturated carbocycles. The Kier molecular flexibility index (Phi) is 6.58. The van der Waals surface area contributed by atoms with Crippen LogP contribution in [0.15, 0.2) is 54.9 Å². The van der Waals surface area contributed by atoms with E-state index in [1.54, 1.807) is 0 Å². The van der Waals surface area contributed by atoms with E-state index in [4.69, 9.17) is 4.98 Å². The van der Waals surface area contributed by atoms with Gasteiger partial charge in [0.2, 0.25) is 0 Å². The number of alkyl halides is 1. The third-order valence-corrected chi connectivity index (χ3v) is 7.03. The molecule has 1 aromatic carbocycles. The first-order valence-electron chi connectivity index (χ1n) is 10.4. The Labute approximate surface area is 180 Å². The fourth-order valence-electron chi connectivity index (χ4n) is 5.49. The van der Waals surface area contributed by atoms with Crippen molar-refractivity contribution in [2.45, 2.75) is 57.9 Å². The minimum absolute atomic E-state index is 0.0856. The Hall–Kier alpha value is -2.00. The van der Waals surface area contributed by atoms with Crippen LogP contribution in [-0.4, -0.2) is 22.5 Å². The highest BCUT2D eigenvalue weighted by Crippen LogP contribution is 2.57. The van der Waals surface area contributed by atoms with Crippen LogP contribution < -0.4 is 5.32 Å². The van der Waals surface area contributed by atoms with E-state index < -0.39 is 0 Å². The first-order chi connectivity index (χ1) is 13.9. The summed E-state index contributed by atoms with van der Waals surface area (Å²) in [5, 5.41) is 13.3. The van der Waals surface area contributed by atoms with Gasteiger partial charge in [0.05, 0.1) is 0 Å². The van der Waals surface area contributed by atoms with Gasteiger partial charge in [-0.3, -0.25) is 4.98 Å². The molecular formula is C25H33ClN2O. The van der Waals surface area contributed by atoms with Crippen LogP contribution in [0.1, 0.15) is 61.8 Å². The highest BCUT2D eigenvalue weighted by atomic mass is 35.5. The summed E-state index contributed by atoms with van der Waals surface area (Å²) in [6, 6.07) is 12.6. The van der Waals surface area contributed by atoms with E-state index in [0.29, 0.717) is 29.5 Å². The van der Waals surface area contributed by atoms with Gasteiger partial charge in [0.15, 0.2) is 0 Å². The lowest BCUT2D eigenvalue weighted by atomic mass is 9.67. The number of aromatic nitrogens is 1. The monoisotopic (exact) mass is 412 g/mol.